The van der Waals surface area contributed by atoms with Crippen LogP contribution in [0.3, 0.4) is 0 Å². The van der Waals surface area contributed by atoms with Crippen LogP contribution >= 0.6 is 11.3 Å². The molecule has 0 aliphatic rings. The first-order chi connectivity index (χ1) is 8.15. The van der Waals surface area contributed by atoms with Crippen LogP contribution in [0, 0.1) is 0 Å². The predicted octanol–water partition coefficient (Wildman–Crippen LogP) is 4.69. The van der Waals surface area contributed by atoms with Crippen LogP contribution in [-0.4, -0.2) is 5.11 Å². The van der Waals surface area contributed by atoms with Crippen molar-refractivity contribution in [3.63, 3.8) is 0 Å². The Hall–Kier alpha value is -0.860. The van der Waals surface area contributed by atoms with Gasteiger partial charge in [-0.15, -0.1) is 11.3 Å². The second-order valence-electron chi connectivity index (χ2n) is 4.88. The van der Waals surface area contributed by atoms with Crippen LogP contribution in [0.15, 0.2) is 29.6 Å². The van der Waals surface area contributed by atoms with E-state index < -0.39 is 5.60 Å². The summed E-state index contributed by atoms with van der Waals surface area (Å²) < 4.78 is 1.23. The Morgan fingerprint density at radius 1 is 1.24 bits per heavy atom. The number of thiophene rings is 1. The van der Waals surface area contributed by atoms with Gasteiger partial charge in [-0.3, -0.25) is 0 Å². The summed E-state index contributed by atoms with van der Waals surface area (Å²) in [6.07, 6.45) is 4.32. The Bertz CT molecular complexity index is 484. The number of unbranched alkanes of at least 4 members (excludes halogenated alkanes) is 2. The Labute approximate surface area is 107 Å². The first-order valence-corrected chi connectivity index (χ1v) is 7.22. The lowest BCUT2D eigenvalue weighted by Crippen LogP contribution is -2.21. The average Bonchev–Trinajstić information content (AvgIpc) is 2.76. The molecule has 1 heterocycles. The minimum Gasteiger partial charge on any atom is -0.385 e. The lowest BCUT2D eigenvalue weighted by molar-refractivity contribution is 0.0466. The van der Waals surface area contributed by atoms with Gasteiger partial charge in [0, 0.05) is 10.3 Å². The molecule has 1 atom stereocenters. The van der Waals surface area contributed by atoms with E-state index in [1.165, 1.54) is 22.9 Å². The summed E-state index contributed by atoms with van der Waals surface area (Å²) in [5, 5.41) is 14.0. The van der Waals surface area contributed by atoms with Gasteiger partial charge in [-0.25, -0.2) is 0 Å². The Balaban J connectivity index is 2.28. The fraction of sp³-hybridized carbons (Fsp3) is 0.467. The molecule has 2 aromatic rings. The maximum absolute atomic E-state index is 10.6. The van der Waals surface area contributed by atoms with Crippen molar-refractivity contribution in [3.8, 4) is 0 Å². The largest absolute Gasteiger partial charge is 0.385 e. The summed E-state index contributed by atoms with van der Waals surface area (Å²) >= 11 is 1.72. The molecule has 0 radical (unpaired) electrons. The zero-order valence-corrected chi connectivity index (χ0v) is 11.4. The maximum Gasteiger partial charge on any atom is 0.0882 e. The van der Waals surface area contributed by atoms with Crippen LogP contribution in [0.25, 0.3) is 10.1 Å². The third kappa shape index (κ3) is 2.70. The van der Waals surface area contributed by atoms with Crippen LogP contribution in [0.4, 0.5) is 0 Å². The monoisotopic (exact) mass is 248 g/mol. The van der Waals surface area contributed by atoms with E-state index in [1.807, 2.05) is 13.0 Å². The third-order valence-electron chi connectivity index (χ3n) is 3.33. The van der Waals surface area contributed by atoms with Gasteiger partial charge in [-0.2, -0.15) is 0 Å². The summed E-state index contributed by atoms with van der Waals surface area (Å²) in [6, 6.07) is 8.33. The zero-order chi connectivity index (χ0) is 12.3. The van der Waals surface area contributed by atoms with E-state index in [1.54, 1.807) is 11.3 Å². The minimum atomic E-state index is -0.695. The first-order valence-electron chi connectivity index (χ1n) is 6.34. The van der Waals surface area contributed by atoms with Gasteiger partial charge < -0.3 is 5.11 Å². The molecule has 0 amide bonds. The molecule has 1 nitrogen and oxygen atoms in total. The summed E-state index contributed by atoms with van der Waals surface area (Å²) in [5.41, 5.74) is 0.389. The molecule has 1 aromatic carbocycles. The normalized spacial score (nSPS) is 15.0. The van der Waals surface area contributed by atoms with Crippen molar-refractivity contribution >= 4 is 21.4 Å². The van der Waals surface area contributed by atoms with E-state index in [2.05, 4.69) is 30.5 Å². The zero-order valence-electron chi connectivity index (χ0n) is 10.6. The molecule has 0 spiro atoms. The van der Waals surface area contributed by atoms with Crippen LogP contribution in [0.5, 0.6) is 0 Å². The van der Waals surface area contributed by atoms with Gasteiger partial charge in [0.2, 0.25) is 0 Å². The van der Waals surface area contributed by atoms with Gasteiger partial charge in [-0.05, 0) is 30.2 Å². The minimum absolute atomic E-state index is 0.695. The predicted molar refractivity (Wildman–Crippen MR) is 75.5 cm³/mol. The molecule has 0 fully saturated rings. The quantitative estimate of drug-likeness (QED) is 0.761. The van der Waals surface area contributed by atoms with Gasteiger partial charge in [0.15, 0.2) is 0 Å². The van der Waals surface area contributed by atoms with Crippen molar-refractivity contribution in [2.24, 2.45) is 0 Å². The van der Waals surface area contributed by atoms with Gasteiger partial charge >= 0.3 is 0 Å². The highest BCUT2D eigenvalue weighted by molar-refractivity contribution is 7.17. The second kappa shape index (κ2) is 5.19. The highest BCUT2D eigenvalue weighted by Crippen LogP contribution is 2.35. The van der Waals surface area contributed by atoms with Crippen molar-refractivity contribution < 1.29 is 5.11 Å². The Kier molecular flexibility index (Phi) is 3.85. The van der Waals surface area contributed by atoms with Crippen LogP contribution < -0.4 is 0 Å². The molecule has 2 heteroatoms. The van der Waals surface area contributed by atoms with Crippen LogP contribution in [-0.2, 0) is 5.60 Å². The fourth-order valence-corrected chi connectivity index (χ4v) is 3.31. The molecule has 92 valence electrons. The summed E-state index contributed by atoms with van der Waals surface area (Å²) in [7, 11) is 0. The highest BCUT2D eigenvalue weighted by Gasteiger charge is 2.24. The molecule has 17 heavy (non-hydrogen) atoms. The van der Waals surface area contributed by atoms with E-state index in [9.17, 15) is 5.11 Å². The van der Waals surface area contributed by atoms with Crippen molar-refractivity contribution in [2.45, 2.75) is 45.1 Å². The Morgan fingerprint density at radius 3 is 2.82 bits per heavy atom. The lowest BCUT2D eigenvalue weighted by atomic mass is 9.89. The van der Waals surface area contributed by atoms with E-state index in [4.69, 9.17) is 0 Å². The van der Waals surface area contributed by atoms with E-state index in [0.29, 0.717) is 0 Å². The van der Waals surface area contributed by atoms with E-state index >= 15 is 0 Å². The van der Waals surface area contributed by atoms with E-state index in [-0.39, 0.29) is 0 Å². The molecule has 0 aliphatic carbocycles. The second-order valence-corrected chi connectivity index (χ2v) is 5.79. The summed E-state index contributed by atoms with van der Waals surface area (Å²) in [6.45, 7) is 4.13. The molecule has 0 bridgehead atoms. The van der Waals surface area contributed by atoms with Crippen LogP contribution in [0.1, 0.15) is 45.1 Å². The van der Waals surface area contributed by atoms with Gasteiger partial charge in [0.05, 0.1) is 5.60 Å². The van der Waals surface area contributed by atoms with Crippen LogP contribution in [0.2, 0.25) is 0 Å². The molecule has 1 unspecified atom stereocenters. The van der Waals surface area contributed by atoms with Gasteiger partial charge in [-0.1, -0.05) is 44.4 Å². The fourth-order valence-electron chi connectivity index (χ4n) is 2.27. The van der Waals surface area contributed by atoms with Crippen molar-refractivity contribution in [1.82, 2.24) is 0 Å². The number of rotatable bonds is 5. The number of hydrogen-bond acceptors (Lipinski definition) is 2. The molecular formula is C15H20OS. The van der Waals surface area contributed by atoms with E-state index in [0.717, 1.165) is 18.4 Å². The number of hydrogen-bond donors (Lipinski definition) is 1. The molecule has 2 rings (SSSR count). The number of benzene rings is 1. The summed E-state index contributed by atoms with van der Waals surface area (Å²) in [5.74, 6) is 0. The van der Waals surface area contributed by atoms with Gasteiger partial charge in [0.1, 0.15) is 0 Å². The van der Waals surface area contributed by atoms with Crippen molar-refractivity contribution in [1.29, 1.82) is 0 Å². The summed E-state index contributed by atoms with van der Waals surface area (Å²) in [4.78, 5) is 0. The molecule has 0 saturated carbocycles. The molecule has 0 aliphatic heterocycles. The lowest BCUT2D eigenvalue weighted by Gasteiger charge is -2.24. The Morgan fingerprint density at radius 2 is 2.06 bits per heavy atom. The van der Waals surface area contributed by atoms with Crippen molar-refractivity contribution in [2.75, 3.05) is 0 Å². The SMILES string of the molecule is CCCCCC(C)(O)c1cccc2ccsc12. The first kappa shape index (κ1) is 12.6. The topological polar surface area (TPSA) is 20.2 Å². The molecular weight excluding hydrogens is 228 g/mol. The third-order valence-corrected chi connectivity index (χ3v) is 4.29. The standard InChI is InChI=1S/C15H20OS/c1-3-4-5-10-15(2,16)13-8-6-7-12-9-11-17-14(12)13/h6-9,11,16H,3-5,10H2,1-2H3. The smallest absolute Gasteiger partial charge is 0.0882 e. The highest BCUT2D eigenvalue weighted by atomic mass is 32.1. The molecule has 1 N–H and O–H groups in total. The number of fused-ring (bicyclic) bond motifs is 1. The molecule has 0 saturated heterocycles. The van der Waals surface area contributed by atoms with Crippen molar-refractivity contribution in [3.05, 3.63) is 35.2 Å². The van der Waals surface area contributed by atoms with Gasteiger partial charge in [0.25, 0.3) is 0 Å². The molecule has 1 aromatic heterocycles. The number of aliphatic hydroxyl groups is 1. The average molecular weight is 248 g/mol. The maximum atomic E-state index is 10.6.